The van der Waals surface area contributed by atoms with E-state index in [0.29, 0.717) is 35.7 Å². The van der Waals surface area contributed by atoms with Gasteiger partial charge in [0.2, 0.25) is 0 Å². The predicted octanol–water partition coefficient (Wildman–Crippen LogP) is 5.03. The molecule has 0 aliphatic heterocycles. The highest BCUT2D eigenvalue weighted by molar-refractivity contribution is 5.97. The van der Waals surface area contributed by atoms with Gasteiger partial charge in [0, 0.05) is 18.3 Å². The van der Waals surface area contributed by atoms with Gasteiger partial charge in [0.05, 0.1) is 0 Å². The molecular weight excluding hydrogens is 296 g/mol. The molecule has 0 saturated heterocycles. The quantitative estimate of drug-likeness (QED) is 0.625. The molecule has 3 saturated carbocycles. The lowest BCUT2D eigenvalue weighted by atomic mass is 9.46. The summed E-state index contributed by atoms with van der Waals surface area (Å²) < 4.78 is 0. The van der Waals surface area contributed by atoms with E-state index in [0.717, 1.165) is 44.1 Å². The zero-order valence-corrected chi connectivity index (χ0v) is 15.6. The Morgan fingerprint density at radius 3 is 2.42 bits per heavy atom. The minimum Gasteiger partial charge on any atom is -0.299 e. The van der Waals surface area contributed by atoms with Crippen molar-refractivity contribution in [2.75, 3.05) is 0 Å². The smallest absolute Gasteiger partial charge is 0.158 e. The van der Waals surface area contributed by atoms with E-state index in [2.05, 4.69) is 26.8 Å². The lowest BCUT2D eigenvalue weighted by Crippen LogP contribution is -2.51. The SMILES string of the molecule is C/C=C1\C[C@@H]2[C@H](CC[C@]3(C)C(=O)CC[C@@H]23)[C@@]2(C)CCC(=O)C(C)=C12. The van der Waals surface area contributed by atoms with Gasteiger partial charge in [-0.05, 0) is 85.8 Å². The number of rotatable bonds is 0. The van der Waals surface area contributed by atoms with E-state index in [4.69, 9.17) is 0 Å². The number of ketones is 2. The molecule has 24 heavy (non-hydrogen) atoms. The molecular formula is C22H30O2. The van der Waals surface area contributed by atoms with Gasteiger partial charge in [-0.1, -0.05) is 19.9 Å². The molecule has 4 aliphatic carbocycles. The van der Waals surface area contributed by atoms with Gasteiger partial charge in [-0.2, -0.15) is 0 Å². The van der Waals surface area contributed by atoms with Crippen LogP contribution >= 0.6 is 0 Å². The predicted molar refractivity (Wildman–Crippen MR) is 95.5 cm³/mol. The van der Waals surface area contributed by atoms with Gasteiger partial charge in [-0.3, -0.25) is 9.59 Å². The number of allylic oxidation sites excluding steroid dienone is 3. The van der Waals surface area contributed by atoms with Crippen LogP contribution in [0.15, 0.2) is 22.8 Å². The van der Waals surface area contributed by atoms with Crippen LogP contribution in [0, 0.1) is 28.6 Å². The van der Waals surface area contributed by atoms with Gasteiger partial charge in [-0.25, -0.2) is 0 Å². The Hall–Kier alpha value is -1.18. The highest BCUT2D eigenvalue weighted by atomic mass is 16.1. The average Bonchev–Trinajstić information content (AvgIpc) is 2.86. The standard InChI is InChI=1S/C22H30O2/c1-5-14-12-15-16-6-7-19(24)21(16,3)10-8-17(15)22(4)11-9-18(23)13(2)20(14)22/h5,15-17H,6-12H2,1-4H3/b14-5+/t15-,16-,17-,21-,22+/m0/s1. The van der Waals surface area contributed by atoms with E-state index in [1.165, 1.54) is 11.1 Å². The minimum atomic E-state index is -0.0723. The van der Waals surface area contributed by atoms with E-state index in [1.54, 1.807) is 0 Å². The molecule has 0 spiro atoms. The lowest BCUT2D eigenvalue weighted by molar-refractivity contribution is -0.132. The maximum absolute atomic E-state index is 12.5. The summed E-state index contributed by atoms with van der Waals surface area (Å²) in [6, 6.07) is 0. The van der Waals surface area contributed by atoms with Gasteiger partial charge in [0.15, 0.2) is 5.78 Å². The van der Waals surface area contributed by atoms with Gasteiger partial charge < -0.3 is 0 Å². The van der Waals surface area contributed by atoms with Crippen LogP contribution in [0.2, 0.25) is 0 Å². The fourth-order valence-electron chi connectivity index (χ4n) is 6.98. The molecule has 2 heteroatoms. The summed E-state index contributed by atoms with van der Waals surface area (Å²) in [5.74, 6) is 2.67. The van der Waals surface area contributed by atoms with Crippen molar-refractivity contribution >= 4 is 11.6 Å². The molecule has 0 aromatic carbocycles. The highest BCUT2D eigenvalue weighted by Gasteiger charge is 2.60. The third kappa shape index (κ3) is 1.89. The summed E-state index contributed by atoms with van der Waals surface area (Å²) in [5, 5.41) is 0. The molecule has 0 N–H and O–H groups in total. The first-order valence-electron chi connectivity index (χ1n) is 9.76. The monoisotopic (exact) mass is 326 g/mol. The lowest BCUT2D eigenvalue weighted by Gasteiger charge is -2.58. The van der Waals surface area contributed by atoms with Crippen molar-refractivity contribution in [3.8, 4) is 0 Å². The Kier molecular flexibility index (Phi) is 3.50. The maximum atomic E-state index is 12.5. The van der Waals surface area contributed by atoms with Gasteiger partial charge in [0.25, 0.3) is 0 Å². The number of hydrogen-bond acceptors (Lipinski definition) is 2. The van der Waals surface area contributed by atoms with E-state index >= 15 is 0 Å². The number of fused-ring (bicyclic) bond motifs is 5. The summed E-state index contributed by atoms with van der Waals surface area (Å²) in [6.45, 7) is 8.82. The van der Waals surface area contributed by atoms with Gasteiger partial charge in [0.1, 0.15) is 5.78 Å². The fraction of sp³-hybridized carbons (Fsp3) is 0.727. The normalized spacial score (nSPS) is 46.8. The molecule has 4 aliphatic rings. The Balaban J connectivity index is 1.82. The van der Waals surface area contributed by atoms with E-state index in [1.807, 2.05) is 6.92 Å². The first-order chi connectivity index (χ1) is 11.3. The number of Topliss-reactive ketones (excluding diaryl/α,β-unsaturated/α-hetero) is 2. The summed E-state index contributed by atoms with van der Waals surface area (Å²) in [5.41, 5.74) is 3.85. The Labute approximate surface area is 145 Å². The highest BCUT2D eigenvalue weighted by Crippen LogP contribution is 2.65. The summed E-state index contributed by atoms with van der Waals surface area (Å²) in [7, 11) is 0. The van der Waals surface area contributed by atoms with E-state index < -0.39 is 0 Å². The van der Waals surface area contributed by atoms with Crippen molar-refractivity contribution < 1.29 is 9.59 Å². The van der Waals surface area contributed by atoms with Crippen LogP contribution in [0.4, 0.5) is 0 Å². The van der Waals surface area contributed by atoms with Gasteiger partial charge >= 0.3 is 0 Å². The largest absolute Gasteiger partial charge is 0.299 e. The molecule has 130 valence electrons. The Bertz CT molecular complexity index is 682. The summed E-state index contributed by atoms with van der Waals surface area (Å²) in [4.78, 5) is 24.9. The molecule has 0 heterocycles. The van der Waals surface area contributed by atoms with Crippen LogP contribution in [0.5, 0.6) is 0 Å². The molecule has 3 fully saturated rings. The van der Waals surface area contributed by atoms with E-state index in [-0.39, 0.29) is 10.8 Å². The fourth-order valence-corrected chi connectivity index (χ4v) is 6.98. The van der Waals surface area contributed by atoms with Crippen LogP contribution < -0.4 is 0 Å². The molecule has 0 aromatic heterocycles. The van der Waals surface area contributed by atoms with Crippen molar-refractivity contribution in [2.24, 2.45) is 28.6 Å². The second kappa shape index (κ2) is 5.16. The molecule has 0 unspecified atom stereocenters. The third-order valence-electron chi connectivity index (χ3n) is 8.33. The Morgan fingerprint density at radius 1 is 1.00 bits per heavy atom. The Morgan fingerprint density at radius 2 is 1.71 bits per heavy atom. The molecule has 0 radical (unpaired) electrons. The van der Waals surface area contributed by atoms with Crippen LogP contribution in [0.3, 0.4) is 0 Å². The molecule has 5 atom stereocenters. The molecule has 0 bridgehead atoms. The van der Waals surface area contributed by atoms with Crippen LogP contribution in [-0.2, 0) is 9.59 Å². The zero-order valence-electron chi connectivity index (χ0n) is 15.6. The second-order valence-corrected chi connectivity index (χ2v) is 9.15. The third-order valence-corrected chi connectivity index (χ3v) is 8.33. The number of hydrogen-bond donors (Lipinski definition) is 0. The topological polar surface area (TPSA) is 34.1 Å². The van der Waals surface area contributed by atoms with Crippen LogP contribution in [-0.4, -0.2) is 11.6 Å². The van der Waals surface area contributed by atoms with Gasteiger partial charge in [-0.15, -0.1) is 0 Å². The van der Waals surface area contributed by atoms with Crippen molar-refractivity contribution in [3.05, 3.63) is 22.8 Å². The second-order valence-electron chi connectivity index (χ2n) is 9.15. The van der Waals surface area contributed by atoms with Crippen molar-refractivity contribution in [1.82, 2.24) is 0 Å². The first kappa shape index (κ1) is 16.3. The molecule has 0 amide bonds. The van der Waals surface area contributed by atoms with E-state index in [9.17, 15) is 9.59 Å². The molecule has 0 aromatic rings. The first-order valence-corrected chi connectivity index (χ1v) is 9.76. The average molecular weight is 326 g/mol. The molecule has 4 rings (SSSR count). The number of carbonyl (C=O) groups is 2. The summed E-state index contributed by atoms with van der Waals surface area (Å²) in [6.07, 6.45) is 9.09. The zero-order chi connectivity index (χ0) is 17.3. The number of carbonyl (C=O) groups excluding carboxylic acids is 2. The van der Waals surface area contributed by atoms with Crippen molar-refractivity contribution in [3.63, 3.8) is 0 Å². The van der Waals surface area contributed by atoms with Crippen LogP contribution in [0.25, 0.3) is 0 Å². The minimum absolute atomic E-state index is 0.0723. The molecule has 2 nitrogen and oxygen atoms in total. The van der Waals surface area contributed by atoms with Crippen molar-refractivity contribution in [2.45, 2.75) is 72.6 Å². The van der Waals surface area contributed by atoms with Crippen LogP contribution in [0.1, 0.15) is 72.6 Å². The van der Waals surface area contributed by atoms with Crippen molar-refractivity contribution in [1.29, 1.82) is 0 Å². The maximum Gasteiger partial charge on any atom is 0.158 e. The summed E-state index contributed by atoms with van der Waals surface area (Å²) >= 11 is 0.